The Morgan fingerprint density at radius 2 is 1.96 bits per heavy atom. The first-order chi connectivity index (χ1) is 13.1. The molecule has 9 nitrogen and oxygen atoms in total. The van der Waals surface area contributed by atoms with Gasteiger partial charge in [0.25, 0.3) is 0 Å². The first-order valence-electron chi connectivity index (χ1n) is 8.37. The molecule has 0 amide bonds. The van der Waals surface area contributed by atoms with Crippen LogP contribution >= 0.6 is 22.6 Å². The second-order valence-corrected chi connectivity index (χ2v) is 7.38. The molecule has 1 aliphatic rings. The summed E-state index contributed by atoms with van der Waals surface area (Å²) in [6, 6.07) is 8.02. The lowest BCUT2D eigenvalue weighted by atomic mass is 10.1. The predicted octanol–water partition coefficient (Wildman–Crippen LogP) is 0.654. The van der Waals surface area contributed by atoms with E-state index in [-0.39, 0.29) is 0 Å². The van der Waals surface area contributed by atoms with Gasteiger partial charge < -0.3 is 25.4 Å². The zero-order chi connectivity index (χ0) is 19.0. The Morgan fingerprint density at radius 1 is 1.15 bits per heavy atom. The van der Waals surface area contributed by atoms with Crippen molar-refractivity contribution >= 4 is 39.6 Å². The highest BCUT2D eigenvalue weighted by molar-refractivity contribution is 14.1. The molecule has 27 heavy (non-hydrogen) atoms. The van der Waals surface area contributed by atoms with E-state index in [0.29, 0.717) is 23.5 Å². The van der Waals surface area contributed by atoms with E-state index in [1.165, 1.54) is 17.2 Å². The molecule has 0 unspecified atom stereocenters. The number of halogens is 1. The molecule has 2 aromatic heterocycles. The lowest BCUT2D eigenvalue weighted by molar-refractivity contribution is -0.0511. The third kappa shape index (κ3) is 3.38. The number of hydrogen-bond donors (Lipinski definition) is 4. The van der Waals surface area contributed by atoms with E-state index in [0.717, 1.165) is 9.13 Å². The smallest absolute Gasteiger partial charge is 0.167 e. The molecule has 1 aromatic carbocycles. The van der Waals surface area contributed by atoms with Crippen molar-refractivity contribution < 1.29 is 20.1 Å². The maximum absolute atomic E-state index is 10.2. The van der Waals surface area contributed by atoms with Crippen LogP contribution in [0.4, 0.5) is 5.82 Å². The number of hydrogen-bond acceptors (Lipinski definition) is 8. The van der Waals surface area contributed by atoms with Gasteiger partial charge >= 0.3 is 0 Å². The average molecular weight is 483 g/mol. The number of benzene rings is 1. The van der Waals surface area contributed by atoms with E-state index in [1.54, 1.807) is 0 Å². The summed E-state index contributed by atoms with van der Waals surface area (Å²) >= 11 is 2.28. The number of imidazole rings is 1. The largest absolute Gasteiger partial charge is 0.394 e. The number of nitrogens with zero attached hydrogens (tertiary/aromatic N) is 4. The first-order valence-corrected chi connectivity index (χ1v) is 9.45. The molecule has 1 saturated heterocycles. The number of aliphatic hydroxyl groups is 3. The lowest BCUT2D eigenvalue weighted by Crippen LogP contribution is -2.33. The summed E-state index contributed by atoms with van der Waals surface area (Å²) in [4.78, 5) is 12.9. The Balaban J connectivity index is 1.61. The van der Waals surface area contributed by atoms with Gasteiger partial charge in [-0.3, -0.25) is 4.57 Å². The molecule has 1 fully saturated rings. The zero-order valence-electron chi connectivity index (χ0n) is 14.1. The van der Waals surface area contributed by atoms with Crippen LogP contribution in [0.3, 0.4) is 0 Å². The number of aromatic nitrogens is 4. The minimum Gasteiger partial charge on any atom is -0.394 e. The van der Waals surface area contributed by atoms with Gasteiger partial charge in [0.2, 0.25) is 0 Å². The molecule has 4 rings (SSSR count). The van der Waals surface area contributed by atoms with Crippen LogP contribution in [0.1, 0.15) is 11.8 Å². The summed E-state index contributed by atoms with van der Waals surface area (Å²) in [7, 11) is 0. The second kappa shape index (κ2) is 7.64. The Kier molecular flexibility index (Phi) is 5.23. The average Bonchev–Trinajstić information content (AvgIpc) is 3.23. The molecule has 3 heterocycles. The van der Waals surface area contributed by atoms with E-state index >= 15 is 0 Å². The molecule has 4 atom stereocenters. The molecule has 3 aromatic rings. The maximum Gasteiger partial charge on any atom is 0.167 e. The van der Waals surface area contributed by atoms with E-state index < -0.39 is 31.1 Å². The molecular formula is C17H18IN5O4. The molecule has 10 heteroatoms. The van der Waals surface area contributed by atoms with Gasteiger partial charge in [-0.25, -0.2) is 15.0 Å². The molecule has 0 radical (unpaired) electrons. The number of rotatable bonds is 5. The van der Waals surface area contributed by atoms with Crippen LogP contribution in [0.5, 0.6) is 0 Å². The normalized spacial score (nSPS) is 25.2. The van der Waals surface area contributed by atoms with Gasteiger partial charge in [0.05, 0.1) is 12.9 Å². The third-order valence-electron chi connectivity index (χ3n) is 4.55. The van der Waals surface area contributed by atoms with Gasteiger partial charge in [-0.1, -0.05) is 18.2 Å². The topological polar surface area (TPSA) is 126 Å². The van der Waals surface area contributed by atoms with Crippen LogP contribution in [-0.2, 0) is 11.3 Å². The fourth-order valence-corrected chi connectivity index (χ4v) is 3.68. The van der Waals surface area contributed by atoms with Crippen molar-refractivity contribution in [1.82, 2.24) is 19.5 Å². The van der Waals surface area contributed by atoms with Crippen LogP contribution in [0, 0.1) is 3.57 Å². The Bertz CT molecular complexity index is 952. The highest BCUT2D eigenvalue weighted by atomic mass is 127. The van der Waals surface area contributed by atoms with Crippen molar-refractivity contribution in [1.29, 1.82) is 0 Å². The van der Waals surface area contributed by atoms with E-state index in [2.05, 4.69) is 42.9 Å². The third-order valence-corrected chi connectivity index (χ3v) is 5.61. The summed E-state index contributed by atoms with van der Waals surface area (Å²) in [5.41, 5.74) is 2.12. The van der Waals surface area contributed by atoms with Crippen molar-refractivity contribution in [3.05, 3.63) is 46.1 Å². The lowest BCUT2D eigenvalue weighted by Gasteiger charge is -2.16. The molecule has 4 N–H and O–H groups in total. The number of nitrogens with one attached hydrogen (secondary N) is 1. The highest BCUT2D eigenvalue weighted by Gasteiger charge is 2.44. The highest BCUT2D eigenvalue weighted by Crippen LogP contribution is 2.32. The van der Waals surface area contributed by atoms with Gasteiger partial charge in [0.15, 0.2) is 23.2 Å². The van der Waals surface area contributed by atoms with Crippen molar-refractivity contribution in [3.63, 3.8) is 0 Å². The van der Waals surface area contributed by atoms with Crippen LogP contribution in [0.25, 0.3) is 11.2 Å². The van der Waals surface area contributed by atoms with Crippen LogP contribution in [-0.4, -0.2) is 59.8 Å². The molecule has 142 valence electrons. The minimum absolute atomic E-state index is 0.390. The molecule has 0 saturated carbocycles. The Labute approximate surface area is 168 Å². The monoisotopic (exact) mass is 483 g/mol. The van der Waals surface area contributed by atoms with Crippen molar-refractivity contribution in [3.8, 4) is 0 Å². The fraction of sp³-hybridized carbons (Fsp3) is 0.353. The standard InChI is InChI=1S/C17H18IN5O4/c18-10-4-2-1-3-9(10)5-19-15-12-16(21-7-20-15)23(8-22-12)17-14(26)13(25)11(6-24)27-17/h1-4,7-8,11,13-14,17,24-26H,5-6H2,(H,19,20,21)/t11-,13-,14-,17-/m1/s1. The molecular weight excluding hydrogens is 465 g/mol. The summed E-state index contributed by atoms with van der Waals surface area (Å²) < 4.78 is 8.25. The van der Waals surface area contributed by atoms with Crippen LogP contribution in [0.2, 0.25) is 0 Å². The molecule has 0 aliphatic carbocycles. The number of ether oxygens (including phenoxy) is 1. The summed E-state index contributed by atoms with van der Waals surface area (Å²) in [6.07, 6.45) is -1.24. The van der Waals surface area contributed by atoms with Gasteiger partial charge in [-0.2, -0.15) is 0 Å². The first kappa shape index (κ1) is 18.5. The van der Waals surface area contributed by atoms with E-state index in [9.17, 15) is 15.3 Å². The second-order valence-electron chi connectivity index (χ2n) is 6.22. The van der Waals surface area contributed by atoms with Crippen molar-refractivity contribution in [2.24, 2.45) is 0 Å². The van der Waals surface area contributed by atoms with Gasteiger partial charge in [0, 0.05) is 10.1 Å². The van der Waals surface area contributed by atoms with Gasteiger partial charge in [-0.05, 0) is 34.2 Å². The zero-order valence-corrected chi connectivity index (χ0v) is 16.3. The minimum atomic E-state index is -1.20. The number of anilines is 1. The SMILES string of the molecule is OC[C@H]1O[C@@H](n2cnc3c(NCc4ccccc4I)ncnc32)[C@H](O)[C@@H]1O. The number of fused-ring (bicyclic) bond motifs is 1. The van der Waals surface area contributed by atoms with E-state index in [4.69, 9.17) is 4.74 Å². The summed E-state index contributed by atoms with van der Waals surface area (Å²) in [5.74, 6) is 0.560. The van der Waals surface area contributed by atoms with Crippen LogP contribution < -0.4 is 5.32 Å². The molecule has 1 aliphatic heterocycles. The van der Waals surface area contributed by atoms with Crippen molar-refractivity contribution in [2.75, 3.05) is 11.9 Å². The van der Waals surface area contributed by atoms with Crippen molar-refractivity contribution in [2.45, 2.75) is 31.1 Å². The van der Waals surface area contributed by atoms with Gasteiger partial charge in [-0.15, -0.1) is 0 Å². The summed E-state index contributed by atoms with van der Waals surface area (Å²) in [6.45, 7) is 0.185. The maximum atomic E-state index is 10.2. The quantitative estimate of drug-likeness (QED) is 0.390. The van der Waals surface area contributed by atoms with E-state index in [1.807, 2.05) is 24.3 Å². The molecule has 0 bridgehead atoms. The summed E-state index contributed by atoms with van der Waals surface area (Å²) in [5, 5.41) is 32.8. The fourth-order valence-electron chi connectivity index (χ4n) is 3.10. The Morgan fingerprint density at radius 3 is 2.70 bits per heavy atom. The molecule has 0 spiro atoms. The van der Waals surface area contributed by atoms with Gasteiger partial charge in [0.1, 0.15) is 24.6 Å². The number of aliphatic hydroxyl groups excluding tert-OH is 3. The predicted molar refractivity (Wildman–Crippen MR) is 105 cm³/mol. The van der Waals surface area contributed by atoms with Crippen LogP contribution in [0.15, 0.2) is 36.9 Å². The Hall–Kier alpha value is -1.86.